The van der Waals surface area contributed by atoms with Gasteiger partial charge in [-0.3, -0.25) is 4.79 Å². The molecule has 0 aromatic carbocycles. The lowest BCUT2D eigenvalue weighted by Gasteiger charge is -2.12. The summed E-state index contributed by atoms with van der Waals surface area (Å²) in [6.45, 7) is 1.80. The molecule has 0 radical (unpaired) electrons. The number of amides is 1. The first-order valence-electron chi connectivity index (χ1n) is 5.40. The van der Waals surface area contributed by atoms with E-state index >= 15 is 0 Å². The predicted molar refractivity (Wildman–Crippen MR) is 56.5 cm³/mol. The summed E-state index contributed by atoms with van der Waals surface area (Å²) in [7, 11) is 1.65. The molecule has 3 N–H and O–H groups in total. The zero-order valence-corrected chi connectivity index (χ0v) is 9.20. The second-order valence-corrected chi connectivity index (χ2v) is 3.70. The summed E-state index contributed by atoms with van der Waals surface area (Å²) in [6, 6.07) is 0. The van der Waals surface area contributed by atoms with E-state index < -0.39 is 0 Å². The molecule has 1 heterocycles. The molecule has 0 bridgehead atoms. The van der Waals surface area contributed by atoms with Crippen LogP contribution in [0.15, 0.2) is 0 Å². The Morgan fingerprint density at radius 3 is 3.00 bits per heavy atom. The van der Waals surface area contributed by atoms with Crippen molar-refractivity contribution in [3.8, 4) is 0 Å². The van der Waals surface area contributed by atoms with E-state index in [0.717, 1.165) is 19.3 Å². The van der Waals surface area contributed by atoms with Gasteiger partial charge in [0.2, 0.25) is 5.91 Å². The highest BCUT2D eigenvalue weighted by Crippen LogP contribution is 2.18. The van der Waals surface area contributed by atoms with Crippen molar-refractivity contribution >= 4 is 5.91 Å². The SMILES string of the molecule is COCCCNC(=O)C1CCC(CN)O1. The maximum absolute atomic E-state index is 11.6. The zero-order valence-electron chi connectivity index (χ0n) is 9.20. The highest BCUT2D eigenvalue weighted by atomic mass is 16.5. The molecule has 0 aliphatic carbocycles. The fourth-order valence-corrected chi connectivity index (χ4v) is 1.61. The fourth-order valence-electron chi connectivity index (χ4n) is 1.61. The molecular weight excluding hydrogens is 196 g/mol. The van der Waals surface area contributed by atoms with Gasteiger partial charge in [0.15, 0.2) is 0 Å². The molecule has 15 heavy (non-hydrogen) atoms. The number of hydrogen-bond acceptors (Lipinski definition) is 4. The van der Waals surface area contributed by atoms with Gasteiger partial charge < -0.3 is 20.5 Å². The Labute approximate surface area is 90.3 Å². The summed E-state index contributed by atoms with van der Waals surface area (Å²) in [4.78, 5) is 11.6. The molecule has 1 saturated heterocycles. The topological polar surface area (TPSA) is 73.6 Å². The second kappa shape index (κ2) is 6.76. The average molecular weight is 216 g/mol. The van der Waals surface area contributed by atoms with Crippen LogP contribution in [0.2, 0.25) is 0 Å². The maximum atomic E-state index is 11.6. The summed E-state index contributed by atoms with van der Waals surface area (Å²) in [6.07, 6.45) is 2.24. The molecule has 5 heteroatoms. The largest absolute Gasteiger partial charge is 0.385 e. The van der Waals surface area contributed by atoms with E-state index in [-0.39, 0.29) is 18.1 Å². The van der Waals surface area contributed by atoms with E-state index in [4.69, 9.17) is 15.2 Å². The summed E-state index contributed by atoms with van der Waals surface area (Å²) < 4.78 is 10.3. The lowest BCUT2D eigenvalue weighted by atomic mass is 10.2. The van der Waals surface area contributed by atoms with Gasteiger partial charge >= 0.3 is 0 Å². The molecule has 0 aromatic rings. The van der Waals surface area contributed by atoms with Crippen LogP contribution in [0.5, 0.6) is 0 Å². The van der Waals surface area contributed by atoms with E-state index in [0.29, 0.717) is 19.7 Å². The van der Waals surface area contributed by atoms with E-state index in [1.165, 1.54) is 0 Å². The Morgan fingerprint density at radius 2 is 2.40 bits per heavy atom. The molecule has 0 aromatic heterocycles. The molecule has 1 rings (SSSR count). The minimum Gasteiger partial charge on any atom is -0.385 e. The van der Waals surface area contributed by atoms with Crippen molar-refractivity contribution in [1.82, 2.24) is 5.32 Å². The highest BCUT2D eigenvalue weighted by molar-refractivity contribution is 5.80. The lowest BCUT2D eigenvalue weighted by molar-refractivity contribution is -0.131. The number of ether oxygens (including phenoxy) is 2. The summed E-state index contributed by atoms with van der Waals surface area (Å²) in [5.74, 6) is -0.0259. The third-order valence-electron chi connectivity index (χ3n) is 2.49. The third kappa shape index (κ3) is 4.15. The van der Waals surface area contributed by atoms with Crippen LogP contribution in [-0.2, 0) is 14.3 Å². The van der Waals surface area contributed by atoms with Crippen LogP contribution in [0.25, 0.3) is 0 Å². The van der Waals surface area contributed by atoms with Gasteiger partial charge in [0.1, 0.15) is 6.10 Å². The van der Waals surface area contributed by atoms with Crippen molar-refractivity contribution in [3.05, 3.63) is 0 Å². The van der Waals surface area contributed by atoms with Crippen LogP contribution in [0, 0.1) is 0 Å². The number of nitrogens with two attached hydrogens (primary N) is 1. The van der Waals surface area contributed by atoms with Crippen molar-refractivity contribution in [2.24, 2.45) is 5.73 Å². The van der Waals surface area contributed by atoms with Gasteiger partial charge in [0.25, 0.3) is 0 Å². The Bertz CT molecular complexity index is 199. The average Bonchev–Trinajstić information content (AvgIpc) is 2.72. The predicted octanol–water partition coefficient (Wildman–Crippen LogP) is -0.355. The molecular formula is C10H20N2O3. The number of methoxy groups -OCH3 is 1. The van der Waals surface area contributed by atoms with Crippen LogP contribution in [0.1, 0.15) is 19.3 Å². The zero-order chi connectivity index (χ0) is 11.1. The Hall–Kier alpha value is -0.650. The van der Waals surface area contributed by atoms with Gasteiger partial charge in [0.05, 0.1) is 6.10 Å². The van der Waals surface area contributed by atoms with Crippen molar-refractivity contribution in [3.63, 3.8) is 0 Å². The highest BCUT2D eigenvalue weighted by Gasteiger charge is 2.29. The van der Waals surface area contributed by atoms with Gasteiger partial charge in [-0.1, -0.05) is 0 Å². The van der Waals surface area contributed by atoms with Crippen LogP contribution in [-0.4, -0.2) is 44.9 Å². The fraction of sp³-hybridized carbons (Fsp3) is 0.900. The van der Waals surface area contributed by atoms with E-state index in [9.17, 15) is 4.79 Å². The van der Waals surface area contributed by atoms with Gasteiger partial charge in [-0.25, -0.2) is 0 Å². The molecule has 0 spiro atoms. The van der Waals surface area contributed by atoms with Gasteiger partial charge in [-0.05, 0) is 19.3 Å². The van der Waals surface area contributed by atoms with Gasteiger partial charge in [-0.2, -0.15) is 0 Å². The molecule has 1 amide bonds. The molecule has 2 unspecified atom stereocenters. The van der Waals surface area contributed by atoms with Crippen molar-refractivity contribution in [2.75, 3.05) is 26.8 Å². The van der Waals surface area contributed by atoms with Crippen LogP contribution in [0.3, 0.4) is 0 Å². The first kappa shape index (κ1) is 12.4. The molecule has 5 nitrogen and oxygen atoms in total. The number of nitrogens with one attached hydrogen (secondary N) is 1. The lowest BCUT2D eigenvalue weighted by Crippen LogP contribution is -2.36. The van der Waals surface area contributed by atoms with Crippen molar-refractivity contribution < 1.29 is 14.3 Å². The summed E-state index contributed by atoms with van der Waals surface area (Å²) in [5.41, 5.74) is 5.46. The van der Waals surface area contributed by atoms with Crippen LogP contribution in [0.4, 0.5) is 0 Å². The Morgan fingerprint density at radius 1 is 1.60 bits per heavy atom. The van der Waals surface area contributed by atoms with Crippen LogP contribution < -0.4 is 11.1 Å². The van der Waals surface area contributed by atoms with Gasteiger partial charge in [-0.15, -0.1) is 0 Å². The number of hydrogen-bond donors (Lipinski definition) is 2. The molecule has 1 aliphatic heterocycles. The number of carbonyl (C=O) groups is 1. The molecule has 1 fully saturated rings. The standard InChI is InChI=1S/C10H20N2O3/c1-14-6-2-5-12-10(13)9-4-3-8(7-11)15-9/h8-9H,2-7,11H2,1H3,(H,12,13). The smallest absolute Gasteiger partial charge is 0.249 e. The first-order chi connectivity index (χ1) is 7.27. The monoisotopic (exact) mass is 216 g/mol. The second-order valence-electron chi connectivity index (χ2n) is 3.70. The normalized spacial score (nSPS) is 25.5. The molecule has 0 saturated carbocycles. The van der Waals surface area contributed by atoms with Gasteiger partial charge in [0, 0.05) is 26.8 Å². The van der Waals surface area contributed by atoms with Crippen molar-refractivity contribution in [1.29, 1.82) is 0 Å². The Kier molecular flexibility index (Phi) is 5.60. The number of rotatable bonds is 6. The van der Waals surface area contributed by atoms with E-state index in [2.05, 4.69) is 5.32 Å². The number of carbonyl (C=O) groups excluding carboxylic acids is 1. The van der Waals surface area contributed by atoms with E-state index in [1.54, 1.807) is 7.11 Å². The summed E-state index contributed by atoms with van der Waals surface area (Å²) >= 11 is 0. The van der Waals surface area contributed by atoms with Crippen LogP contribution >= 0.6 is 0 Å². The molecule has 88 valence electrons. The minimum absolute atomic E-state index is 0.0259. The Balaban J connectivity index is 2.12. The maximum Gasteiger partial charge on any atom is 0.249 e. The molecule has 2 atom stereocenters. The summed E-state index contributed by atoms with van der Waals surface area (Å²) in [5, 5.41) is 2.82. The first-order valence-corrected chi connectivity index (χ1v) is 5.40. The quantitative estimate of drug-likeness (QED) is 0.595. The molecule has 1 aliphatic rings. The third-order valence-corrected chi connectivity index (χ3v) is 2.49. The van der Waals surface area contributed by atoms with E-state index in [1.807, 2.05) is 0 Å². The minimum atomic E-state index is -0.305. The van der Waals surface area contributed by atoms with Crippen molar-refractivity contribution in [2.45, 2.75) is 31.5 Å².